The third-order valence-electron chi connectivity index (χ3n) is 3.67. The van der Waals surface area contributed by atoms with Crippen LogP contribution in [0.5, 0.6) is 0 Å². The Bertz CT molecular complexity index is 1380. The van der Waals surface area contributed by atoms with Crippen molar-refractivity contribution in [1.29, 1.82) is 0 Å². The molecule has 0 aromatic heterocycles. The van der Waals surface area contributed by atoms with E-state index >= 15 is 0 Å². The van der Waals surface area contributed by atoms with E-state index in [1.165, 1.54) is 6.07 Å². The van der Waals surface area contributed by atoms with E-state index in [2.05, 4.69) is 5.32 Å². The minimum atomic E-state index is -4.61. The van der Waals surface area contributed by atoms with Crippen molar-refractivity contribution < 1.29 is 29.6 Å². The lowest BCUT2D eigenvalue weighted by atomic mass is 9.99. The third-order valence-corrected chi connectivity index (χ3v) is 3.67. The van der Waals surface area contributed by atoms with Crippen LogP contribution in [-0.4, -0.2) is 6.50 Å². The van der Waals surface area contributed by atoms with E-state index in [4.69, 9.17) is 16.4 Å². The molecule has 1 atom stereocenters. The maximum absolute atomic E-state index is 13.0. The molecule has 0 amide bonds. The van der Waals surface area contributed by atoms with Gasteiger partial charge in [-0.2, -0.15) is 13.2 Å². The van der Waals surface area contributed by atoms with Gasteiger partial charge in [-0.1, -0.05) is 60.5 Å². The van der Waals surface area contributed by atoms with Gasteiger partial charge in [0.25, 0.3) is 0 Å². The molecule has 0 spiro atoms. The smallest absolute Gasteiger partial charge is 0.310 e. The fourth-order valence-corrected chi connectivity index (χ4v) is 2.40. The Morgan fingerprint density at radius 3 is 2.77 bits per heavy atom. The number of fused-ring (bicyclic) bond motifs is 1. The first-order chi connectivity index (χ1) is 17.3. The summed E-state index contributed by atoms with van der Waals surface area (Å²) in [7, 11) is 0. The summed E-state index contributed by atoms with van der Waals surface area (Å²) in [5.74, 6) is 0. The molecule has 4 heteroatoms. The summed E-state index contributed by atoms with van der Waals surface area (Å²) >= 11 is 0. The quantitative estimate of drug-likeness (QED) is 0.550. The van der Waals surface area contributed by atoms with Crippen molar-refractivity contribution in [1.82, 2.24) is 5.32 Å². The van der Waals surface area contributed by atoms with Crippen LogP contribution >= 0.6 is 0 Å². The number of aryl methyl sites for hydroxylation is 1. The molecule has 3 aromatic rings. The Balaban J connectivity index is 2.12. The monoisotopic (exact) mass is 369 g/mol. The van der Waals surface area contributed by atoms with Gasteiger partial charge in [-0.3, -0.25) is 0 Å². The maximum Gasteiger partial charge on any atom is 0.416 e. The topological polar surface area (TPSA) is 12.0 Å². The number of hydrogen-bond acceptors (Lipinski definition) is 1. The lowest BCUT2D eigenvalue weighted by Crippen LogP contribution is -2.20. The molecule has 0 saturated heterocycles. The molecule has 26 heavy (non-hydrogen) atoms. The van der Waals surface area contributed by atoms with E-state index in [0.29, 0.717) is 0 Å². The molecule has 0 bridgehead atoms. The summed E-state index contributed by atoms with van der Waals surface area (Å²) in [6.07, 6.45) is -5.32. The number of nitrogens with one attached hydrogen (secondary N) is 1. The highest BCUT2D eigenvalue weighted by molar-refractivity contribution is 5.86. The van der Waals surface area contributed by atoms with Gasteiger partial charge < -0.3 is 5.32 Å². The van der Waals surface area contributed by atoms with Crippen LogP contribution in [0.4, 0.5) is 13.2 Å². The van der Waals surface area contributed by atoms with Crippen LogP contribution in [0.3, 0.4) is 0 Å². The molecule has 136 valence electrons. The number of benzene rings is 3. The van der Waals surface area contributed by atoms with Crippen LogP contribution in [0.15, 0.2) is 66.6 Å². The molecule has 0 saturated carbocycles. The molecule has 0 heterocycles. The Morgan fingerprint density at radius 2 is 1.96 bits per heavy atom. The largest absolute Gasteiger partial charge is 0.416 e. The van der Waals surface area contributed by atoms with Gasteiger partial charge in [0.05, 0.1) is 15.2 Å². The summed E-state index contributed by atoms with van der Waals surface area (Å²) in [5.41, 5.74) is -1.39. The van der Waals surface area contributed by atoms with Crippen molar-refractivity contribution >= 4 is 10.8 Å². The summed E-state index contributed by atoms with van der Waals surface area (Å²) in [6, 6.07) is -3.12. The molecular weight excluding hydrogens is 335 g/mol. The van der Waals surface area contributed by atoms with E-state index in [-0.39, 0.29) is 12.0 Å². The number of hydrogen-bond donors (Lipinski definition) is 1. The van der Waals surface area contributed by atoms with Crippen molar-refractivity contribution in [3.63, 3.8) is 0 Å². The SMILES string of the molecule is [2H]c1c([2H])c([2H])c2c([C@H](NC([2H])([2H])CCc3cccc(C(F)(F)F)c3)C([2H])([2H])[2H])c([2H])c([2H])c([2H])c2c1[2H]. The maximum atomic E-state index is 13.0. The standard InChI is InChI=1S/C22H22F3N/c1-16(20-13-5-10-18-9-2-3-12-21(18)20)26-14-6-8-17-7-4-11-19(15-17)22(23,24)25/h2-5,7,9-13,15-16,26H,6,8,14H2,1H3/t16-/m1/s1/i1D3,2D,3D,5D,9D,10D,12D,13D,14D2. The van der Waals surface area contributed by atoms with Crippen LogP contribution in [0, 0.1) is 0 Å². The first kappa shape index (κ1) is 8.57. The predicted octanol–water partition coefficient (Wildman–Crippen LogP) is 6.14. The molecule has 0 aliphatic rings. The van der Waals surface area contributed by atoms with Gasteiger partial charge in [0.1, 0.15) is 0 Å². The predicted molar refractivity (Wildman–Crippen MR) is 100 cm³/mol. The van der Waals surface area contributed by atoms with Gasteiger partial charge in [-0.15, -0.1) is 0 Å². The zero-order chi connectivity index (χ0) is 29.0. The number of halogens is 3. The average molecular weight is 369 g/mol. The highest BCUT2D eigenvalue weighted by Gasteiger charge is 2.30. The van der Waals surface area contributed by atoms with Crippen molar-refractivity contribution in [2.24, 2.45) is 0 Å². The molecule has 0 unspecified atom stereocenters. The molecule has 0 aliphatic carbocycles. The molecule has 0 aliphatic heterocycles. The van der Waals surface area contributed by atoms with E-state index in [9.17, 15) is 13.2 Å². The fourth-order valence-electron chi connectivity index (χ4n) is 2.40. The molecule has 3 rings (SSSR count). The highest BCUT2D eigenvalue weighted by atomic mass is 19.4. The van der Waals surface area contributed by atoms with Crippen LogP contribution in [0.25, 0.3) is 10.8 Å². The van der Waals surface area contributed by atoms with Gasteiger partial charge in [-0.05, 0) is 54.2 Å². The Labute approximate surface area is 168 Å². The molecule has 0 radical (unpaired) electrons. The zero-order valence-electron chi connectivity index (χ0n) is 25.4. The second kappa shape index (κ2) is 7.92. The Morgan fingerprint density at radius 1 is 1.15 bits per heavy atom. The lowest BCUT2D eigenvalue weighted by molar-refractivity contribution is -0.137. The molecule has 3 aromatic carbocycles. The van der Waals surface area contributed by atoms with E-state index in [0.717, 1.165) is 18.2 Å². The van der Waals surface area contributed by atoms with E-state index in [1.54, 1.807) is 0 Å². The first-order valence-electron chi connectivity index (χ1n) is 13.7. The fraction of sp³-hybridized carbons (Fsp3) is 0.273. The van der Waals surface area contributed by atoms with Gasteiger partial charge in [0.15, 0.2) is 0 Å². The normalized spacial score (nSPS) is 20.7. The zero-order valence-corrected chi connectivity index (χ0v) is 13.4. The summed E-state index contributed by atoms with van der Waals surface area (Å²) in [4.78, 5) is 0. The highest BCUT2D eigenvalue weighted by Crippen LogP contribution is 2.29. The number of rotatable bonds is 6. The summed E-state index contributed by atoms with van der Waals surface area (Å²) in [6.45, 7) is -5.64. The van der Waals surface area contributed by atoms with Gasteiger partial charge in [0.2, 0.25) is 0 Å². The van der Waals surface area contributed by atoms with Crippen molar-refractivity contribution in [3.05, 3.63) is 83.3 Å². The molecule has 1 nitrogen and oxygen atoms in total. The second-order valence-electron chi connectivity index (χ2n) is 5.49. The van der Waals surface area contributed by atoms with Crippen molar-refractivity contribution in [2.45, 2.75) is 31.9 Å². The van der Waals surface area contributed by atoms with E-state index in [1.807, 2.05) is 0 Å². The first-order valence-corrected chi connectivity index (χ1v) is 7.71. The van der Waals surface area contributed by atoms with Crippen molar-refractivity contribution in [2.75, 3.05) is 6.50 Å². The van der Waals surface area contributed by atoms with Gasteiger partial charge in [-0.25, -0.2) is 0 Å². The number of alkyl halides is 3. The van der Waals surface area contributed by atoms with Crippen LogP contribution in [-0.2, 0) is 12.6 Å². The van der Waals surface area contributed by atoms with Crippen LogP contribution < -0.4 is 5.32 Å². The molecular formula is C22H22F3N. The van der Waals surface area contributed by atoms with Crippen molar-refractivity contribution in [3.8, 4) is 0 Å². The minimum Gasteiger partial charge on any atom is -0.310 e. The lowest BCUT2D eigenvalue weighted by Gasteiger charge is -2.17. The Hall–Kier alpha value is -2.33. The molecule has 0 fully saturated rings. The summed E-state index contributed by atoms with van der Waals surface area (Å²) < 4.78 is 137. The molecule has 1 N–H and O–H groups in total. The van der Waals surface area contributed by atoms with Gasteiger partial charge in [0, 0.05) is 12.9 Å². The third kappa shape index (κ3) is 4.44. The minimum absolute atomic E-state index is 0.142. The Kier molecular flexibility index (Phi) is 2.61. The summed E-state index contributed by atoms with van der Waals surface area (Å²) in [5, 5.41) is 1.28. The van der Waals surface area contributed by atoms with Gasteiger partial charge >= 0.3 is 6.18 Å². The van der Waals surface area contributed by atoms with Crippen LogP contribution in [0.2, 0.25) is 0 Å². The van der Waals surface area contributed by atoms with E-state index < -0.39 is 96.2 Å². The van der Waals surface area contributed by atoms with Crippen LogP contribution in [0.1, 0.15) is 52.5 Å². The average Bonchev–Trinajstić information content (AvgIpc) is 2.81. The second-order valence-corrected chi connectivity index (χ2v) is 5.49.